The third-order valence-corrected chi connectivity index (χ3v) is 3.25. The van der Waals surface area contributed by atoms with Crippen molar-refractivity contribution < 1.29 is 12.5 Å². The molecule has 0 radical (unpaired) electrons. The third kappa shape index (κ3) is 4.99. The van der Waals surface area contributed by atoms with Gasteiger partial charge in [-0.25, -0.2) is 8.42 Å². The fourth-order valence-electron chi connectivity index (χ4n) is 2.02. The van der Waals surface area contributed by atoms with Gasteiger partial charge in [-0.15, -0.1) is 0 Å². The van der Waals surface area contributed by atoms with Crippen LogP contribution in [0.2, 0.25) is 0 Å². The molecule has 0 spiro atoms. The molecule has 0 fully saturated rings. The second-order valence-corrected chi connectivity index (χ2v) is 7.63. The highest BCUT2D eigenvalue weighted by Crippen LogP contribution is 2.40. The summed E-state index contributed by atoms with van der Waals surface area (Å²) in [7, 11) is -4.06. The number of hydrogen-bond acceptors (Lipinski definition) is 2. The lowest BCUT2D eigenvalue weighted by atomic mass is 9.68. The van der Waals surface area contributed by atoms with E-state index in [1.165, 1.54) is 0 Å². The van der Waals surface area contributed by atoms with Crippen LogP contribution in [-0.2, 0) is 9.84 Å². The van der Waals surface area contributed by atoms with Crippen molar-refractivity contribution in [2.24, 2.45) is 16.7 Å². The maximum absolute atomic E-state index is 11.8. The molecule has 0 atom stereocenters. The average Bonchev–Trinajstić information content (AvgIpc) is 1.93. The van der Waals surface area contributed by atoms with Crippen LogP contribution in [0.1, 0.15) is 45.7 Å². The summed E-state index contributed by atoms with van der Waals surface area (Å²) >= 11 is 0. The van der Waals surface area contributed by atoms with E-state index in [0.29, 0.717) is 0 Å². The molecule has 0 amide bonds. The van der Waals surface area contributed by atoms with Crippen molar-refractivity contribution in [1.82, 2.24) is 0 Å². The van der Waals surface area contributed by atoms with Crippen molar-refractivity contribution in [3.8, 4) is 0 Å². The van der Waals surface area contributed by atoms with Crippen LogP contribution in [0.15, 0.2) is 0 Å². The minimum absolute atomic E-state index is 0.208. The molecular weight excluding hydrogens is 196 g/mol. The average molecular weight is 223 g/mol. The van der Waals surface area contributed by atoms with Gasteiger partial charge in [0.25, 0.3) is 0 Å². The molecule has 0 heterocycles. The van der Waals surface area contributed by atoms with E-state index in [-0.39, 0.29) is 22.5 Å². The third-order valence-electron chi connectivity index (χ3n) is 2.48. The first-order valence-electron chi connectivity index (χ1n) is 6.31. The van der Waals surface area contributed by atoms with E-state index in [4.69, 9.17) is 4.11 Å². The molecular formula is C11H24O2S. The summed E-state index contributed by atoms with van der Waals surface area (Å²) in [6, 6.07) is 0. The zero-order chi connectivity index (χ0) is 14.3. The molecule has 0 aromatic rings. The lowest BCUT2D eigenvalue weighted by Crippen LogP contribution is -2.37. The predicted octanol–water partition coefficient (Wildman–Crippen LogP) is 2.74. The molecule has 2 nitrogen and oxygen atoms in total. The Balaban J connectivity index is 5.33. The minimum Gasteiger partial charge on any atom is -0.229 e. The first kappa shape index (κ1) is 9.20. The van der Waals surface area contributed by atoms with Crippen molar-refractivity contribution >= 4 is 9.84 Å². The SMILES string of the molecule is [2H]C([2H])([2H])S(=O)(=O)CC(C(C)(C)C)C(C)(C)C. The predicted molar refractivity (Wildman–Crippen MR) is 62.1 cm³/mol. The van der Waals surface area contributed by atoms with Gasteiger partial charge >= 0.3 is 0 Å². The fourth-order valence-corrected chi connectivity index (χ4v) is 3.46. The molecule has 14 heavy (non-hydrogen) atoms. The first-order chi connectivity index (χ1) is 7.09. The molecule has 86 valence electrons. The van der Waals surface area contributed by atoms with E-state index >= 15 is 0 Å². The molecule has 0 bridgehead atoms. The smallest absolute Gasteiger partial charge is 0.147 e. The van der Waals surface area contributed by atoms with Crippen LogP contribution in [0.25, 0.3) is 0 Å². The fraction of sp³-hybridized carbons (Fsp3) is 1.00. The van der Waals surface area contributed by atoms with Crippen LogP contribution in [-0.4, -0.2) is 20.4 Å². The molecule has 0 saturated carbocycles. The van der Waals surface area contributed by atoms with Gasteiger partial charge in [0, 0.05) is 10.3 Å². The van der Waals surface area contributed by atoms with Gasteiger partial charge in [0.2, 0.25) is 0 Å². The maximum Gasteiger partial charge on any atom is 0.147 e. The molecule has 0 N–H and O–H groups in total. The highest BCUT2D eigenvalue weighted by molar-refractivity contribution is 7.90. The number of sulfone groups is 1. The number of hydrogen-bond donors (Lipinski definition) is 0. The molecule has 0 aliphatic heterocycles. The van der Waals surface area contributed by atoms with Gasteiger partial charge in [-0.05, 0) is 16.7 Å². The molecule has 0 aromatic heterocycles. The van der Waals surface area contributed by atoms with E-state index in [1.807, 2.05) is 41.5 Å². The first-order valence-corrected chi connectivity index (χ1v) is 6.46. The quantitative estimate of drug-likeness (QED) is 0.721. The zero-order valence-electron chi connectivity index (χ0n) is 13.0. The molecule has 0 saturated heterocycles. The zero-order valence-corrected chi connectivity index (χ0v) is 10.8. The summed E-state index contributed by atoms with van der Waals surface area (Å²) in [6.45, 7) is 11.7. The second-order valence-electron chi connectivity index (χ2n) is 6.07. The van der Waals surface area contributed by atoms with Crippen LogP contribution >= 0.6 is 0 Å². The molecule has 0 aromatic carbocycles. The molecule has 0 rings (SSSR count). The van der Waals surface area contributed by atoms with E-state index in [1.54, 1.807) is 0 Å². The summed E-state index contributed by atoms with van der Waals surface area (Å²) in [4.78, 5) is 0. The van der Waals surface area contributed by atoms with Crippen molar-refractivity contribution in [2.75, 3.05) is 11.9 Å². The van der Waals surface area contributed by atoms with Crippen LogP contribution in [0, 0.1) is 16.7 Å². The molecule has 0 aliphatic rings. The molecule has 0 unspecified atom stereocenters. The van der Waals surface area contributed by atoms with Gasteiger partial charge in [-0.2, -0.15) is 0 Å². The summed E-state index contributed by atoms with van der Waals surface area (Å²) in [5.41, 5.74) is -0.507. The highest BCUT2D eigenvalue weighted by atomic mass is 32.2. The maximum atomic E-state index is 11.8. The van der Waals surface area contributed by atoms with Crippen molar-refractivity contribution in [1.29, 1.82) is 0 Å². The lowest BCUT2D eigenvalue weighted by Gasteiger charge is -2.40. The van der Waals surface area contributed by atoms with Crippen LogP contribution in [0.5, 0.6) is 0 Å². The van der Waals surface area contributed by atoms with E-state index in [9.17, 15) is 8.42 Å². The van der Waals surface area contributed by atoms with Gasteiger partial charge in [0.1, 0.15) is 9.84 Å². The standard InChI is InChI=1S/C11H24O2S/c1-10(2,3)9(11(4,5)6)8-14(7,12)13/h9H,8H2,1-7H3/i7D3. The second kappa shape index (κ2) is 3.84. The Hall–Kier alpha value is -0.0500. The Labute approximate surface area is 93.2 Å². The van der Waals surface area contributed by atoms with Crippen LogP contribution in [0.3, 0.4) is 0 Å². The Kier molecular flexibility index (Phi) is 2.52. The van der Waals surface area contributed by atoms with Gasteiger partial charge in [-0.3, -0.25) is 0 Å². The van der Waals surface area contributed by atoms with Crippen LogP contribution in [0.4, 0.5) is 0 Å². The Morgan fingerprint density at radius 2 is 1.43 bits per heavy atom. The Morgan fingerprint density at radius 1 is 1.07 bits per heavy atom. The van der Waals surface area contributed by atoms with Gasteiger partial charge < -0.3 is 0 Å². The van der Waals surface area contributed by atoms with Crippen molar-refractivity contribution in [2.45, 2.75) is 41.5 Å². The topological polar surface area (TPSA) is 34.1 Å². The summed E-state index contributed by atoms with van der Waals surface area (Å²) in [5.74, 6) is -0.503. The highest BCUT2D eigenvalue weighted by Gasteiger charge is 2.36. The minimum atomic E-state index is -4.06. The van der Waals surface area contributed by atoms with E-state index < -0.39 is 16.0 Å². The Bertz CT molecular complexity index is 342. The van der Waals surface area contributed by atoms with E-state index in [2.05, 4.69) is 0 Å². The lowest BCUT2D eigenvalue weighted by molar-refractivity contribution is 0.123. The van der Waals surface area contributed by atoms with Gasteiger partial charge in [0.05, 0.1) is 5.75 Å². The molecule has 0 aliphatic carbocycles. The van der Waals surface area contributed by atoms with Gasteiger partial charge in [0.15, 0.2) is 0 Å². The Morgan fingerprint density at radius 3 is 1.64 bits per heavy atom. The monoisotopic (exact) mass is 223 g/mol. The van der Waals surface area contributed by atoms with E-state index in [0.717, 1.165) is 0 Å². The largest absolute Gasteiger partial charge is 0.229 e. The summed E-state index contributed by atoms with van der Waals surface area (Å²) in [6.07, 6.45) is -2.91. The molecule has 3 heteroatoms. The van der Waals surface area contributed by atoms with Gasteiger partial charge in [-0.1, -0.05) is 41.5 Å². The summed E-state index contributed by atoms with van der Waals surface area (Å²) in [5, 5.41) is 0. The summed E-state index contributed by atoms with van der Waals surface area (Å²) < 4.78 is 44.8. The normalized spacial score (nSPS) is 18.9. The number of rotatable bonds is 2. The van der Waals surface area contributed by atoms with Crippen molar-refractivity contribution in [3.05, 3.63) is 0 Å². The van der Waals surface area contributed by atoms with Crippen LogP contribution < -0.4 is 0 Å². The van der Waals surface area contributed by atoms with Crippen molar-refractivity contribution in [3.63, 3.8) is 0 Å².